The quantitative estimate of drug-likeness (QED) is 0.379. The lowest BCUT2D eigenvalue weighted by Crippen LogP contribution is -2.33. The van der Waals surface area contributed by atoms with Crippen molar-refractivity contribution in [2.45, 2.75) is 39.0 Å². The lowest BCUT2D eigenvalue weighted by Gasteiger charge is -2.28. The van der Waals surface area contributed by atoms with E-state index in [-0.39, 0.29) is 29.6 Å². The fourth-order valence-corrected chi connectivity index (χ4v) is 4.26. The van der Waals surface area contributed by atoms with Crippen LogP contribution in [0.5, 0.6) is 0 Å². The summed E-state index contributed by atoms with van der Waals surface area (Å²) in [5.41, 5.74) is 0.938. The lowest BCUT2D eigenvalue weighted by molar-refractivity contribution is -0.385. The molecule has 0 aliphatic carbocycles. The molecule has 0 unspecified atom stereocenters. The molecule has 27 heavy (non-hydrogen) atoms. The Balaban J connectivity index is 2.12. The van der Waals surface area contributed by atoms with Crippen LogP contribution in [0, 0.1) is 20.2 Å². The summed E-state index contributed by atoms with van der Waals surface area (Å²) in [5, 5.41) is 22.0. The maximum atomic E-state index is 11.1. The van der Waals surface area contributed by atoms with E-state index in [9.17, 15) is 20.2 Å². The van der Waals surface area contributed by atoms with E-state index in [1.807, 2.05) is 20.8 Å². The van der Waals surface area contributed by atoms with Gasteiger partial charge < -0.3 is 8.85 Å². The molecule has 8 nitrogen and oxygen atoms in total. The minimum atomic E-state index is -2.31. The van der Waals surface area contributed by atoms with E-state index in [2.05, 4.69) is 0 Å². The second-order valence-corrected chi connectivity index (χ2v) is 10.2. The topological polar surface area (TPSA) is 105 Å². The number of rotatable bonds is 8. The molecule has 0 aliphatic rings. The van der Waals surface area contributed by atoms with E-state index in [1.165, 1.54) is 12.1 Å². The minimum absolute atomic E-state index is 0.00198. The third-order valence-corrected chi connectivity index (χ3v) is 6.22. The molecule has 0 aromatic heterocycles. The average molecular weight is 390 g/mol. The third kappa shape index (κ3) is 5.68. The number of nitro benzene ring substituents is 2. The molecule has 2 aromatic carbocycles. The van der Waals surface area contributed by atoms with Crippen molar-refractivity contribution < 1.29 is 18.7 Å². The zero-order valence-corrected chi connectivity index (χ0v) is 16.6. The van der Waals surface area contributed by atoms with Crippen molar-refractivity contribution in [2.75, 3.05) is 0 Å². The van der Waals surface area contributed by atoms with Crippen LogP contribution in [-0.4, -0.2) is 19.1 Å². The lowest BCUT2D eigenvalue weighted by atomic mass is 10.2. The number of hydrogen-bond acceptors (Lipinski definition) is 6. The molecule has 2 rings (SSSR count). The highest BCUT2D eigenvalue weighted by Gasteiger charge is 2.31. The molecule has 0 fully saturated rings. The molecule has 0 atom stereocenters. The van der Waals surface area contributed by atoms with Crippen molar-refractivity contribution in [2.24, 2.45) is 0 Å². The predicted octanol–water partition coefficient (Wildman–Crippen LogP) is 4.26. The van der Waals surface area contributed by atoms with E-state index in [0.29, 0.717) is 11.1 Å². The van der Waals surface area contributed by atoms with Gasteiger partial charge in [-0.2, -0.15) is 0 Å². The standard InChI is InChI=1S/C18H22N2O6Si/c1-18(2,3)27(25-12-14-8-4-6-10-16(14)19(21)22)26-13-15-9-5-7-11-17(15)20(23)24/h4-11,27H,12-13H2,1-3H3. The molecule has 0 saturated heterocycles. The first-order valence-electron chi connectivity index (χ1n) is 8.38. The molecule has 0 N–H and O–H groups in total. The summed E-state index contributed by atoms with van der Waals surface area (Å²) in [6.07, 6.45) is 0. The first kappa shape index (κ1) is 20.7. The SMILES string of the molecule is CC(C)(C)[SiH](OCc1ccccc1[N+](=O)[O-])OCc1ccccc1[N+](=O)[O-]. The summed E-state index contributed by atoms with van der Waals surface area (Å²) in [7, 11) is -2.31. The molecule has 0 bridgehead atoms. The zero-order valence-electron chi connectivity index (χ0n) is 15.5. The molecule has 0 aliphatic heterocycles. The molecule has 0 heterocycles. The summed E-state index contributed by atoms with van der Waals surface area (Å²) in [5.74, 6) is 0. The number of benzene rings is 2. The highest BCUT2D eigenvalue weighted by Crippen LogP contribution is 2.31. The molecule has 0 saturated carbocycles. The summed E-state index contributed by atoms with van der Waals surface area (Å²) in [6, 6.07) is 12.8. The van der Waals surface area contributed by atoms with Gasteiger partial charge in [-0.15, -0.1) is 0 Å². The molecule has 0 radical (unpaired) electrons. The van der Waals surface area contributed by atoms with E-state index < -0.39 is 19.1 Å². The minimum Gasteiger partial charge on any atom is -0.391 e. The van der Waals surface area contributed by atoms with E-state index in [4.69, 9.17) is 8.85 Å². The van der Waals surface area contributed by atoms with Crippen LogP contribution in [0.25, 0.3) is 0 Å². The van der Waals surface area contributed by atoms with E-state index in [0.717, 1.165) is 0 Å². The van der Waals surface area contributed by atoms with Gasteiger partial charge in [0.25, 0.3) is 11.4 Å². The van der Waals surface area contributed by atoms with Crippen LogP contribution in [0.1, 0.15) is 31.9 Å². The van der Waals surface area contributed by atoms with Gasteiger partial charge in [0.05, 0.1) is 34.2 Å². The van der Waals surface area contributed by atoms with Crippen LogP contribution in [0.15, 0.2) is 48.5 Å². The Hall–Kier alpha value is -2.62. The van der Waals surface area contributed by atoms with Crippen LogP contribution in [0.3, 0.4) is 0 Å². The van der Waals surface area contributed by atoms with Crippen molar-refractivity contribution in [1.82, 2.24) is 0 Å². The van der Waals surface area contributed by atoms with Crippen molar-refractivity contribution in [3.05, 3.63) is 79.9 Å². The van der Waals surface area contributed by atoms with E-state index >= 15 is 0 Å². The van der Waals surface area contributed by atoms with Gasteiger partial charge in [0.1, 0.15) is 0 Å². The van der Waals surface area contributed by atoms with Crippen molar-refractivity contribution in [1.29, 1.82) is 0 Å². The molecule has 0 amide bonds. The van der Waals surface area contributed by atoms with Gasteiger partial charge >= 0.3 is 9.28 Å². The molecule has 9 heteroatoms. The first-order valence-corrected chi connectivity index (χ1v) is 9.90. The van der Waals surface area contributed by atoms with Gasteiger partial charge in [0, 0.05) is 17.2 Å². The summed E-state index contributed by atoms with van der Waals surface area (Å²) in [4.78, 5) is 21.4. The van der Waals surface area contributed by atoms with Gasteiger partial charge in [-0.1, -0.05) is 45.0 Å². The Morgan fingerprint density at radius 1 is 0.815 bits per heavy atom. The molecular weight excluding hydrogens is 368 g/mol. The van der Waals surface area contributed by atoms with E-state index in [1.54, 1.807) is 36.4 Å². The largest absolute Gasteiger partial charge is 0.391 e. The number of nitrogens with zero attached hydrogens (tertiary/aromatic N) is 2. The fraction of sp³-hybridized carbons (Fsp3) is 0.333. The van der Waals surface area contributed by atoms with Gasteiger partial charge in [-0.3, -0.25) is 20.2 Å². The summed E-state index contributed by atoms with van der Waals surface area (Å²) >= 11 is 0. The Morgan fingerprint density at radius 2 is 1.19 bits per heavy atom. The normalized spacial score (nSPS) is 11.6. The van der Waals surface area contributed by atoms with Crippen molar-refractivity contribution in [3.63, 3.8) is 0 Å². The van der Waals surface area contributed by atoms with Crippen LogP contribution in [0.2, 0.25) is 5.04 Å². The van der Waals surface area contributed by atoms with Crippen LogP contribution >= 0.6 is 0 Å². The number of hydrogen-bond donors (Lipinski definition) is 0. The third-order valence-electron chi connectivity index (χ3n) is 3.86. The molecular formula is C18H22N2O6Si. The number of nitro groups is 2. The predicted molar refractivity (Wildman–Crippen MR) is 103 cm³/mol. The second kappa shape index (κ2) is 8.85. The van der Waals surface area contributed by atoms with Crippen LogP contribution in [0.4, 0.5) is 11.4 Å². The second-order valence-electron chi connectivity index (χ2n) is 7.09. The number of para-hydroxylation sites is 2. The Morgan fingerprint density at radius 3 is 1.52 bits per heavy atom. The van der Waals surface area contributed by atoms with Crippen molar-refractivity contribution in [3.8, 4) is 0 Å². The Labute approximate surface area is 158 Å². The van der Waals surface area contributed by atoms with Crippen molar-refractivity contribution >= 4 is 20.7 Å². The Kier molecular flexibility index (Phi) is 6.78. The fourth-order valence-electron chi connectivity index (χ4n) is 2.50. The summed E-state index contributed by atoms with van der Waals surface area (Å²) in [6.45, 7) is 6.00. The highest BCUT2D eigenvalue weighted by molar-refractivity contribution is 6.48. The summed E-state index contributed by atoms with van der Waals surface area (Å²) < 4.78 is 11.9. The van der Waals surface area contributed by atoms with Crippen LogP contribution < -0.4 is 0 Å². The maximum absolute atomic E-state index is 11.1. The zero-order chi connectivity index (χ0) is 20.0. The van der Waals surface area contributed by atoms with Gasteiger partial charge in [0.2, 0.25) is 0 Å². The molecule has 0 spiro atoms. The van der Waals surface area contributed by atoms with Gasteiger partial charge in [0.15, 0.2) is 0 Å². The van der Waals surface area contributed by atoms with Gasteiger partial charge in [-0.05, 0) is 12.1 Å². The van der Waals surface area contributed by atoms with Gasteiger partial charge in [-0.25, -0.2) is 0 Å². The van der Waals surface area contributed by atoms with Crippen LogP contribution in [-0.2, 0) is 22.1 Å². The highest BCUT2D eigenvalue weighted by atomic mass is 28.3. The smallest absolute Gasteiger partial charge is 0.327 e. The molecule has 144 valence electrons. The maximum Gasteiger partial charge on any atom is 0.327 e. The monoisotopic (exact) mass is 390 g/mol. The first-order chi connectivity index (χ1) is 12.7. The molecule has 2 aromatic rings. The Bertz CT molecular complexity index is 760. The average Bonchev–Trinajstić information content (AvgIpc) is 2.61.